The molecule has 122 valence electrons. The minimum Gasteiger partial charge on any atom is -0.488 e. The van der Waals surface area contributed by atoms with Crippen LogP contribution >= 0.6 is 11.3 Å². The molecule has 0 fully saturated rings. The van der Waals surface area contributed by atoms with Gasteiger partial charge in [0.1, 0.15) is 17.4 Å². The van der Waals surface area contributed by atoms with Crippen LogP contribution in [0, 0.1) is 6.92 Å². The van der Waals surface area contributed by atoms with E-state index in [1.165, 1.54) is 16.9 Å². The fourth-order valence-electron chi connectivity index (χ4n) is 2.36. The molecule has 24 heavy (non-hydrogen) atoms. The van der Waals surface area contributed by atoms with Gasteiger partial charge in [0.15, 0.2) is 0 Å². The number of nitrogens with zero attached hydrogens (tertiary/aromatic N) is 1. The summed E-state index contributed by atoms with van der Waals surface area (Å²) < 4.78 is 6.00. The fourth-order valence-corrected chi connectivity index (χ4v) is 3.21. The molecule has 1 heterocycles. The van der Waals surface area contributed by atoms with Crippen molar-refractivity contribution in [3.05, 3.63) is 70.7 Å². The molecular weight excluding hydrogens is 322 g/mol. The molecule has 0 aliphatic heterocycles. The molecule has 3 rings (SSSR count). The molecule has 1 aromatic heterocycles. The fraction of sp³-hybridized carbons (Fsp3) is 0.158. The Morgan fingerprint density at radius 1 is 1.17 bits per heavy atom. The molecule has 0 amide bonds. The number of thiazole rings is 1. The summed E-state index contributed by atoms with van der Waals surface area (Å²) in [6.45, 7) is 2.54. The van der Waals surface area contributed by atoms with Crippen LogP contribution in [-0.2, 0) is 17.8 Å². The van der Waals surface area contributed by atoms with Gasteiger partial charge in [0.05, 0.1) is 17.7 Å². The average molecular weight is 339 g/mol. The Balaban J connectivity index is 1.81. The van der Waals surface area contributed by atoms with E-state index in [4.69, 9.17) is 9.84 Å². The molecule has 0 atom stereocenters. The van der Waals surface area contributed by atoms with Crippen molar-refractivity contribution >= 4 is 17.3 Å². The Morgan fingerprint density at radius 3 is 2.71 bits per heavy atom. The second kappa shape index (κ2) is 7.27. The van der Waals surface area contributed by atoms with E-state index < -0.39 is 5.97 Å². The molecular formula is C19H17NO3S. The van der Waals surface area contributed by atoms with Crippen molar-refractivity contribution in [2.24, 2.45) is 0 Å². The van der Waals surface area contributed by atoms with Crippen LogP contribution < -0.4 is 4.74 Å². The number of aliphatic carboxylic acids is 1. The number of benzene rings is 2. The molecule has 3 aromatic rings. The van der Waals surface area contributed by atoms with E-state index in [1.54, 1.807) is 5.38 Å². The minimum atomic E-state index is -0.879. The van der Waals surface area contributed by atoms with Crippen LogP contribution in [0.1, 0.15) is 16.8 Å². The SMILES string of the molecule is Cc1ccccc1COc1ccccc1-c1nc(CC(=O)O)cs1. The van der Waals surface area contributed by atoms with Crippen LogP contribution in [0.5, 0.6) is 5.75 Å². The van der Waals surface area contributed by atoms with E-state index in [-0.39, 0.29) is 6.42 Å². The van der Waals surface area contributed by atoms with Gasteiger partial charge in [0, 0.05) is 5.38 Å². The summed E-state index contributed by atoms with van der Waals surface area (Å²) in [5.74, 6) is -0.132. The summed E-state index contributed by atoms with van der Waals surface area (Å²) in [7, 11) is 0. The summed E-state index contributed by atoms with van der Waals surface area (Å²) in [6, 6.07) is 15.8. The average Bonchev–Trinajstić information content (AvgIpc) is 3.02. The zero-order chi connectivity index (χ0) is 16.9. The van der Waals surface area contributed by atoms with E-state index in [9.17, 15) is 4.79 Å². The van der Waals surface area contributed by atoms with Crippen molar-refractivity contribution in [2.75, 3.05) is 0 Å². The first kappa shape index (κ1) is 16.2. The molecule has 2 aromatic carbocycles. The quantitative estimate of drug-likeness (QED) is 0.726. The number of hydrogen-bond donors (Lipinski definition) is 1. The molecule has 0 radical (unpaired) electrons. The summed E-state index contributed by atoms with van der Waals surface area (Å²) in [4.78, 5) is 15.2. The molecule has 0 saturated carbocycles. The highest BCUT2D eigenvalue weighted by molar-refractivity contribution is 7.13. The number of aromatic nitrogens is 1. The zero-order valence-electron chi connectivity index (χ0n) is 13.2. The van der Waals surface area contributed by atoms with Gasteiger partial charge in [-0.2, -0.15) is 0 Å². The lowest BCUT2D eigenvalue weighted by Crippen LogP contribution is -2.00. The normalized spacial score (nSPS) is 10.5. The smallest absolute Gasteiger partial charge is 0.309 e. The number of aryl methyl sites for hydroxylation is 1. The lowest BCUT2D eigenvalue weighted by Gasteiger charge is -2.11. The summed E-state index contributed by atoms with van der Waals surface area (Å²) in [6.07, 6.45) is -0.0667. The van der Waals surface area contributed by atoms with Gasteiger partial charge in [-0.3, -0.25) is 4.79 Å². The van der Waals surface area contributed by atoms with Crippen molar-refractivity contribution < 1.29 is 14.6 Å². The standard InChI is InChI=1S/C19H17NO3S/c1-13-6-2-3-7-14(13)11-23-17-9-5-4-8-16(17)19-20-15(12-24-19)10-18(21)22/h2-9,12H,10-11H2,1H3,(H,21,22). The Hall–Kier alpha value is -2.66. The topological polar surface area (TPSA) is 59.4 Å². The number of carbonyl (C=O) groups is 1. The molecule has 0 aliphatic carbocycles. The molecule has 1 N–H and O–H groups in total. The number of carboxylic acid groups (broad SMARTS) is 1. The molecule has 4 nitrogen and oxygen atoms in total. The molecule has 0 unspecified atom stereocenters. The van der Waals surface area contributed by atoms with Crippen molar-refractivity contribution in [3.63, 3.8) is 0 Å². The van der Waals surface area contributed by atoms with Crippen LogP contribution in [0.3, 0.4) is 0 Å². The number of ether oxygens (including phenoxy) is 1. The van der Waals surface area contributed by atoms with Gasteiger partial charge in [0.2, 0.25) is 0 Å². The summed E-state index contributed by atoms with van der Waals surface area (Å²) in [5.41, 5.74) is 3.77. The Morgan fingerprint density at radius 2 is 1.92 bits per heavy atom. The molecule has 5 heteroatoms. The largest absolute Gasteiger partial charge is 0.488 e. The molecule has 0 bridgehead atoms. The van der Waals surface area contributed by atoms with E-state index in [0.29, 0.717) is 12.3 Å². The first-order valence-corrected chi connectivity index (χ1v) is 8.44. The van der Waals surface area contributed by atoms with Gasteiger partial charge in [-0.1, -0.05) is 36.4 Å². The first-order chi connectivity index (χ1) is 11.6. The molecule has 0 spiro atoms. The maximum absolute atomic E-state index is 10.8. The van der Waals surface area contributed by atoms with Gasteiger partial charge >= 0.3 is 5.97 Å². The highest BCUT2D eigenvalue weighted by Crippen LogP contribution is 2.32. The number of hydrogen-bond acceptors (Lipinski definition) is 4. The highest BCUT2D eigenvalue weighted by atomic mass is 32.1. The third-order valence-corrected chi connectivity index (χ3v) is 4.57. The minimum absolute atomic E-state index is 0.0667. The summed E-state index contributed by atoms with van der Waals surface area (Å²) >= 11 is 1.43. The Kier molecular flexibility index (Phi) is 4.91. The van der Waals surface area contributed by atoms with Crippen molar-refractivity contribution in [1.29, 1.82) is 0 Å². The van der Waals surface area contributed by atoms with Crippen LogP contribution in [0.2, 0.25) is 0 Å². The lowest BCUT2D eigenvalue weighted by atomic mass is 10.1. The van der Waals surface area contributed by atoms with E-state index in [0.717, 1.165) is 21.9 Å². The second-order valence-electron chi connectivity index (χ2n) is 5.43. The van der Waals surface area contributed by atoms with Gasteiger partial charge in [0.25, 0.3) is 0 Å². The van der Waals surface area contributed by atoms with Crippen LogP contribution in [0.4, 0.5) is 0 Å². The maximum atomic E-state index is 10.8. The van der Waals surface area contributed by atoms with Crippen molar-refractivity contribution in [1.82, 2.24) is 4.98 Å². The molecule has 0 saturated heterocycles. The van der Waals surface area contributed by atoms with Gasteiger partial charge in [-0.15, -0.1) is 11.3 Å². The number of rotatable bonds is 6. The van der Waals surface area contributed by atoms with Crippen molar-refractivity contribution in [3.8, 4) is 16.3 Å². The number of para-hydroxylation sites is 1. The molecule has 0 aliphatic rings. The lowest BCUT2D eigenvalue weighted by molar-refractivity contribution is -0.136. The van der Waals surface area contributed by atoms with Gasteiger partial charge < -0.3 is 9.84 Å². The first-order valence-electron chi connectivity index (χ1n) is 7.56. The Bertz CT molecular complexity index is 857. The second-order valence-corrected chi connectivity index (χ2v) is 6.28. The third-order valence-electron chi connectivity index (χ3n) is 3.65. The van der Waals surface area contributed by atoms with E-state index in [2.05, 4.69) is 18.0 Å². The predicted molar refractivity (Wildman–Crippen MR) is 94.4 cm³/mol. The van der Waals surface area contributed by atoms with Crippen LogP contribution in [0.15, 0.2) is 53.9 Å². The predicted octanol–water partition coefficient (Wildman–Crippen LogP) is 4.32. The number of carboxylic acids is 1. The maximum Gasteiger partial charge on any atom is 0.309 e. The van der Waals surface area contributed by atoms with Crippen LogP contribution in [-0.4, -0.2) is 16.1 Å². The monoisotopic (exact) mass is 339 g/mol. The van der Waals surface area contributed by atoms with Crippen molar-refractivity contribution in [2.45, 2.75) is 20.0 Å². The summed E-state index contributed by atoms with van der Waals surface area (Å²) in [5, 5.41) is 11.4. The van der Waals surface area contributed by atoms with E-state index in [1.807, 2.05) is 42.5 Å². The highest BCUT2D eigenvalue weighted by Gasteiger charge is 2.12. The zero-order valence-corrected chi connectivity index (χ0v) is 14.0. The van der Waals surface area contributed by atoms with Gasteiger partial charge in [-0.25, -0.2) is 4.98 Å². The van der Waals surface area contributed by atoms with Crippen LogP contribution in [0.25, 0.3) is 10.6 Å². The van der Waals surface area contributed by atoms with E-state index >= 15 is 0 Å². The third kappa shape index (κ3) is 3.81. The van der Waals surface area contributed by atoms with Gasteiger partial charge in [-0.05, 0) is 30.2 Å². The Labute approximate surface area is 144 Å².